The lowest BCUT2D eigenvalue weighted by atomic mass is 10.2. The summed E-state index contributed by atoms with van der Waals surface area (Å²) in [6, 6.07) is 3.34. The summed E-state index contributed by atoms with van der Waals surface area (Å²) in [5.74, 6) is -0.557. The molecule has 1 aliphatic heterocycles. The van der Waals surface area contributed by atoms with Crippen molar-refractivity contribution in [2.75, 3.05) is 19.7 Å². The maximum absolute atomic E-state index is 12.7. The van der Waals surface area contributed by atoms with Crippen molar-refractivity contribution in [3.05, 3.63) is 29.8 Å². The molecule has 0 aromatic heterocycles. The minimum atomic E-state index is -4.66. The van der Waals surface area contributed by atoms with Crippen molar-refractivity contribution in [2.45, 2.75) is 36.4 Å². The van der Waals surface area contributed by atoms with Gasteiger partial charge in [0.05, 0.1) is 16.6 Å². The number of hydrazine groups is 1. The zero-order chi connectivity index (χ0) is 21.5. The first-order chi connectivity index (χ1) is 13.6. The van der Waals surface area contributed by atoms with E-state index in [1.807, 2.05) is 0 Å². The minimum Gasteiger partial charge on any atom is -0.376 e. The summed E-state index contributed by atoms with van der Waals surface area (Å²) in [6.07, 6.45) is -2.93. The van der Waals surface area contributed by atoms with Gasteiger partial charge in [0.25, 0.3) is 0 Å². The Morgan fingerprint density at radius 1 is 1.28 bits per heavy atom. The van der Waals surface area contributed by atoms with E-state index in [1.165, 1.54) is 0 Å². The van der Waals surface area contributed by atoms with Gasteiger partial charge in [0, 0.05) is 26.1 Å². The molecular weight excluding hydrogens is 433 g/mol. The monoisotopic (exact) mass is 454 g/mol. The molecule has 4 N–H and O–H groups in total. The average Bonchev–Trinajstić information content (AvgIpc) is 3.17. The molecule has 0 radical (unpaired) electrons. The van der Waals surface area contributed by atoms with E-state index in [2.05, 4.69) is 20.9 Å². The first kappa shape index (κ1) is 23.3. The lowest BCUT2D eigenvalue weighted by Gasteiger charge is -2.14. The Hall–Kier alpha value is -1.96. The van der Waals surface area contributed by atoms with Crippen LogP contribution in [0.25, 0.3) is 0 Å². The number of nitrogens with one attached hydrogen (secondary N) is 4. The van der Waals surface area contributed by atoms with Gasteiger partial charge < -0.3 is 10.1 Å². The Kier molecular flexibility index (Phi) is 8.19. The molecule has 1 aliphatic rings. The van der Waals surface area contributed by atoms with Gasteiger partial charge >= 0.3 is 6.18 Å². The number of thiocarbonyl (C=S) groups is 1. The number of hydrogen-bond acceptors (Lipinski definition) is 5. The second-order valence-electron chi connectivity index (χ2n) is 6.19. The molecule has 13 heteroatoms. The number of rotatable bonds is 7. The lowest BCUT2D eigenvalue weighted by molar-refractivity contribution is -0.137. The van der Waals surface area contributed by atoms with Gasteiger partial charge in [-0.2, -0.15) is 13.2 Å². The number of benzene rings is 1. The number of hydrogen-bond donors (Lipinski definition) is 4. The average molecular weight is 454 g/mol. The van der Waals surface area contributed by atoms with Gasteiger partial charge in [-0.15, -0.1) is 0 Å². The summed E-state index contributed by atoms with van der Waals surface area (Å²) in [5.41, 5.74) is 3.69. The van der Waals surface area contributed by atoms with E-state index in [9.17, 15) is 26.4 Å². The van der Waals surface area contributed by atoms with Gasteiger partial charge in [0.2, 0.25) is 15.9 Å². The van der Waals surface area contributed by atoms with Crippen LogP contribution in [0.2, 0.25) is 0 Å². The van der Waals surface area contributed by atoms with E-state index >= 15 is 0 Å². The second kappa shape index (κ2) is 10.2. The lowest BCUT2D eigenvalue weighted by Crippen LogP contribution is -2.48. The van der Waals surface area contributed by atoms with E-state index in [1.54, 1.807) is 0 Å². The molecule has 1 saturated heterocycles. The molecule has 1 atom stereocenters. The van der Waals surface area contributed by atoms with Gasteiger partial charge in [-0.25, -0.2) is 13.1 Å². The molecule has 29 heavy (non-hydrogen) atoms. The summed E-state index contributed by atoms with van der Waals surface area (Å²) >= 11 is 4.99. The van der Waals surface area contributed by atoms with Crippen LogP contribution < -0.4 is 20.9 Å². The Labute approximate surface area is 171 Å². The van der Waals surface area contributed by atoms with Crippen LogP contribution in [0.1, 0.15) is 24.8 Å². The van der Waals surface area contributed by atoms with Crippen LogP contribution in [-0.2, 0) is 25.7 Å². The highest BCUT2D eigenvalue weighted by molar-refractivity contribution is 7.89. The highest BCUT2D eigenvalue weighted by atomic mass is 32.2. The van der Waals surface area contributed by atoms with Crippen molar-refractivity contribution in [1.29, 1.82) is 0 Å². The Bertz CT molecular complexity index is 828. The Morgan fingerprint density at radius 3 is 2.69 bits per heavy atom. The van der Waals surface area contributed by atoms with Crippen molar-refractivity contribution in [3.63, 3.8) is 0 Å². The SMILES string of the molecule is O=C(CCNS(=O)(=O)c1cccc(C(F)(F)F)c1)NNC(=S)NCC1CCCO1. The van der Waals surface area contributed by atoms with Crippen LogP contribution in [0.4, 0.5) is 13.2 Å². The minimum absolute atomic E-state index is 0.0655. The quantitative estimate of drug-likeness (QED) is 0.360. The summed E-state index contributed by atoms with van der Waals surface area (Å²) in [5, 5.41) is 3.06. The molecule has 1 aromatic rings. The fourth-order valence-electron chi connectivity index (χ4n) is 2.47. The first-order valence-corrected chi connectivity index (χ1v) is 10.6. The van der Waals surface area contributed by atoms with E-state index in [4.69, 9.17) is 17.0 Å². The van der Waals surface area contributed by atoms with Crippen LogP contribution in [0.3, 0.4) is 0 Å². The van der Waals surface area contributed by atoms with E-state index < -0.39 is 32.6 Å². The van der Waals surface area contributed by atoms with Crippen LogP contribution >= 0.6 is 12.2 Å². The predicted octanol–water partition coefficient (Wildman–Crippen LogP) is 1.05. The fourth-order valence-corrected chi connectivity index (χ4v) is 3.68. The second-order valence-corrected chi connectivity index (χ2v) is 8.37. The van der Waals surface area contributed by atoms with Crippen molar-refractivity contribution >= 4 is 33.3 Å². The number of carbonyl (C=O) groups is 1. The van der Waals surface area contributed by atoms with Crippen LogP contribution in [-0.4, -0.2) is 45.2 Å². The van der Waals surface area contributed by atoms with E-state index in [-0.39, 0.29) is 24.2 Å². The number of carbonyl (C=O) groups excluding carboxylic acids is 1. The molecule has 162 valence electrons. The Balaban J connectivity index is 1.72. The van der Waals surface area contributed by atoms with Crippen LogP contribution in [0.15, 0.2) is 29.2 Å². The first-order valence-electron chi connectivity index (χ1n) is 8.69. The van der Waals surface area contributed by atoms with Crippen molar-refractivity contribution < 1.29 is 31.1 Å². The molecule has 8 nitrogen and oxygen atoms in total. The van der Waals surface area contributed by atoms with E-state index in [0.717, 1.165) is 31.0 Å². The molecule has 0 spiro atoms. The smallest absolute Gasteiger partial charge is 0.376 e. The molecule has 0 aliphatic carbocycles. The zero-order valence-corrected chi connectivity index (χ0v) is 16.8. The molecule has 1 aromatic carbocycles. The van der Waals surface area contributed by atoms with Gasteiger partial charge in [0.15, 0.2) is 5.11 Å². The van der Waals surface area contributed by atoms with Gasteiger partial charge in [-0.05, 0) is 43.3 Å². The number of sulfonamides is 1. The third-order valence-electron chi connectivity index (χ3n) is 3.95. The number of amides is 1. The Morgan fingerprint density at radius 2 is 2.03 bits per heavy atom. The molecule has 1 unspecified atom stereocenters. The van der Waals surface area contributed by atoms with Crippen LogP contribution in [0.5, 0.6) is 0 Å². The fraction of sp³-hybridized carbons (Fsp3) is 0.500. The molecule has 0 saturated carbocycles. The van der Waals surface area contributed by atoms with Crippen molar-refractivity contribution in [3.8, 4) is 0 Å². The molecular formula is C16H21F3N4O4S2. The molecule has 0 bridgehead atoms. The standard InChI is InChI=1S/C16H21F3N4O4S2/c17-16(18,19)11-3-1-5-13(9-11)29(25,26)21-7-6-14(24)22-23-15(28)20-10-12-4-2-8-27-12/h1,3,5,9,12,21H,2,4,6-8,10H2,(H,22,24)(H2,20,23,28). The normalized spacial score (nSPS) is 17.0. The number of ether oxygens (including phenoxy) is 1. The molecule has 1 heterocycles. The number of halogens is 3. The molecule has 1 fully saturated rings. The summed E-state index contributed by atoms with van der Waals surface area (Å²) < 4.78 is 69.8. The maximum atomic E-state index is 12.7. The van der Waals surface area contributed by atoms with Crippen LogP contribution in [0, 0.1) is 0 Å². The van der Waals surface area contributed by atoms with Crippen molar-refractivity contribution in [1.82, 2.24) is 20.9 Å². The summed E-state index contributed by atoms with van der Waals surface area (Å²) in [4.78, 5) is 11.2. The zero-order valence-electron chi connectivity index (χ0n) is 15.2. The van der Waals surface area contributed by atoms with Gasteiger partial charge in [-0.3, -0.25) is 15.6 Å². The van der Waals surface area contributed by atoms with Gasteiger partial charge in [-0.1, -0.05) is 6.07 Å². The van der Waals surface area contributed by atoms with E-state index in [0.29, 0.717) is 19.2 Å². The summed E-state index contributed by atoms with van der Waals surface area (Å²) in [6.45, 7) is 0.903. The topological polar surface area (TPSA) is 109 Å². The maximum Gasteiger partial charge on any atom is 0.416 e. The largest absolute Gasteiger partial charge is 0.416 e. The highest BCUT2D eigenvalue weighted by Gasteiger charge is 2.31. The third kappa shape index (κ3) is 7.76. The molecule has 1 amide bonds. The van der Waals surface area contributed by atoms with Gasteiger partial charge in [0.1, 0.15) is 0 Å². The summed E-state index contributed by atoms with van der Waals surface area (Å²) in [7, 11) is -4.19. The van der Waals surface area contributed by atoms with Crippen molar-refractivity contribution in [2.24, 2.45) is 0 Å². The molecule has 2 rings (SSSR count). The predicted molar refractivity (Wildman–Crippen MR) is 102 cm³/mol. The third-order valence-corrected chi connectivity index (χ3v) is 5.65. The highest BCUT2D eigenvalue weighted by Crippen LogP contribution is 2.30. The number of alkyl halides is 3.